The van der Waals surface area contributed by atoms with Crippen LogP contribution in [0.1, 0.15) is 66.0 Å². The maximum atomic E-state index is 14.0. The molecular weight excluding hydrogens is 546 g/mol. The summed E-state index contributed by atoms with van der Waals surface area (Å²) >= 11 is 8.31. The Morgan fingerprint density at radius 1 is 1.05 bits per heavy atom. The van der Waals surface area contributed by atoms with Crippen molar-refractivity contribution < 1.29 is 4.79 Å². The zero-order valence-corrected chi connectivity index (χ0v) is 25.9. The minimum Gasteiger partial charge on any atom is -0.384 e. The van der Waals surface area contributed by atoms with Crippen LogP contribution in [0.15, 0.2) is 83.3 Å². The Hall–Kier alpha value is -3.46. The van der Waals surface area contributed by atoms with Crippen molar-refractivity contribution in [1.82, 2.24) is 0 Å². The van der Waals surface area contributed by atoms with Crippen LogP contribution < -0.4 is 10.6 Å². The number of aryl methyl sites for hydroxylation is 2. The van der Waals surface area contributed by atoms with E-state index in [1.807, 2.05) is 47.9 Å². The van der Waals surface area contributed by atoms with E-state index in [1.54, 1.807) is 0 Å². The third kappa shape index (κ3) is 5.69. The lowest BCUT2D eigenvalue weighted by Gasteiger charge is -2.44. The zero-order valence-electron chi connectivity index (χ0n) is 24.3. The van der Waals surface area contributed by atoms with Crippen LogP contribution in [0.5, 0.6) is 0 Å². The van der Waals surface area contributed by atoms with E-state index in [0.717, 1.165) is 45.1 Å². The van der Waals surface area contributed by atoms with Crippen molar-refractivity contribution in [3.8, 4) is 6.07 Å². The van der Waals surface area contributed by atoms with Crippen molar-refractivity contribution in [1.29, 1.82) is 5.26 Å². The van der Waals surface area contributed by atoms with Gasteiger partial charge in [0.05, 0.1) is 23.2 Å². The van der Waals surface area contributed by atoms with Crippen LogP contribution in [0.4, 0.5) is 5.69 Å². The van der Waals surface area contributed by atoms with Gasteiger partial charge in [-0.1, -0.05) is 79.5 Å². The van der Waals surface area contributed by atoms with E-state index in [4.69, 9.17) is 17.3 Å². The number of nitrogens with zero attached hydrogens (tertiary/aromatic N) is 2. The maximum Gasteiger partial charge on any atom is 0.162 e. The maximum absolute atomic E-state index is 14.0. The topological polar surface area (TPSA) is 70.1 Å². The Morgan fingerprint density at radius 2 is 1.78 bits per heavy atom. The molecule has 41 heavy (non-hydrogen) atoms. The van der Waals surface area contributed by atoms with Gasteiger partial charge >= 0.3 is 0 Å². The number of rotatable bonds is 6. The molecule has 0 radical (unpaired) electrons. The summed E-state index contributed by atoms with van der Waals surface area (Å²) in [6.07, 6.45) is 1.09. The Morgan fingerprint density at radius 3 is 2.49 bits per heavy atom. The molecule has 1 aliphatic carbocycles. The van der Waals surface area contributed by atoms with E-state index < -0.39 is 5.92 Å². The smallest absolute Gasteiger partial charge is 0.162 e. The number of thioether (sulfide) groups is 1. The molecule has 2 aliphatic rings. The molecule has 3 aromatic carbocycles. The Labute approximate surface area is 252 Å². The summed E-state index contributed by atoms with van der Waals surface area (Å²) in [6.45, 7) is 10.4. The van der Waals surface area contributed by atoms with E-state index in [9.17, 15) is 10.1 Å². The number of hydrogen-bond donors (Lipinski definition) is 1. The highest BCUT2D eigenvalue weighted by molar-refractivity contribution is 7.97. The zero-order chi connectivity index (χ0) is 29.5. The molecule has 0 bridgehead atoms. The lowest BCUT2D eigenvalue weighted by molar-refractivity contribution is -0.118. The van der Waals surface area contributed by atoms with Crippen molar-refractivity contribution in [2.45, 2.75) is 64.9 Å². The van der Waals surface area contributed by atoms with Crippen molar-refractivity contribution in [3.63, 3.8) is 0 Å². The number of Topliss-reactive ketones (excluding diaryl/α,β-unsaturated/α-hetero) is 1. The number of halogens is 1. The van der Waals surface area contributed by atoms with Crippen molar-refractivity contribution >= 4 is 34.8 Å². The number of ketones is 1. The summed E-state index contributed by atoms with van der Waals surface area (Å²) in [7, 11) is 0. The van der Waals surface area contributed by atoms with Gasteiger partial charge in [0.1, 0.15) is 5.82 Å². The van der Waals surface area contributed by atoms with E-state index in [0.29, 0.717) is 34.8 Å². The highest BCUT2D eigenvalue weighted by Crippen LogP contribution is 2.51. The summed E-state index contributed by atoms with van der Waals surface area (Å²) in [6, 6.07) is 22.9. The van der Waals surface area contributed by atoms with Crippen LogP contribution >= 0.6 is 23.4 Å². The minimum atomic E-state index is -0.507. The molecule has 210 valence electrons. The van der Waals surface area contributed by atoms with Gasteiger partial charge in [-0.3, -0.25) is 9.69 Å². The lowest BCUT2D eigenvalue weighted by atomic mass is 9.68. The molecule has 2 N–H and O–H groups in total. The quantitative estimate of drug-likeness (QED) is 0.315. The molecule has 0 fully saturated rings. The van der Waals surface area contributed by atoms with Crippen LogP contribution in [0, 0.1) is 37.5 Å². The molecule has 1 unspecified atom stereocenters. The second-order valence-corrected chi connectivity index (χ2v) is 13.4. The van der Waals surface area contributed by atoms with Gasteiger partial charge in [0.15, 0.2) is 5.78 Å². The molecule has 6 heteroatoms. The van der Waals surface area contributed by atoms with Crippen LogP contribution in [-0.2, 0) is 16.3 Å². The molecule has 1 atom stereocenters. The Bertz CT molecular complexity index is 1630. The number of nitrogens with two attached hydrogens (primary N) is 1. The molecule has 5 rings (SSSR count). The predicted molar refractivity (Wildman–Crippen MR) is 171 cm³/mol. The van der Waals surface area contributed by atoms with Gasteiger partial charge in [-0.05, 0) is 72.6 Å². The second-order valence-electron chi connectivity index (χ2n) is 12.0. The molecule has 0 amide bonds. The Balaban J connectivity index is 1.65. The SMILES string of the molecule is Cc1cc(CSCc2ccccc2)c(C)c(C2C(C#N)=C(N)N(c3cc(Cl)ccc3C)C3=C2C(=O)CC(C)(C)C3)c1. The van der Waals surface area contributed by atoms with Crippen LogP contribution in [0.3, 0.4) is 0 Å². The minimum absolute atomic E-state index is 0.0760. The van der Waals surface area contributed by atoms with Gasteiger partial charge in [0.25, 0.3) is 0 Å². The first-order chi connectivity index (χ1) is 19.5. The van der Waals surface area contributed by atoms with Crippen molar-refractivity contribution in [2.24, 2.45) is 11.1 Å². The molecule has 1 aliphatic heterocycles. The van der Waals surface area contributed by atoms with E-state index in [-0.39, 0.29) is 11.2 Å². The van der Waals surface area contributed by atoms with E-state index in [1.165, 1.54) is 11.1 Å². The number of benzene rings is 3. The van der Waals surface area contributed by atoms with Gasteiger partial charge < -0.3 is 5.73 Å². The van der Waals surface area contributed by atoms with E-state index >= 15 is 0 Å². The molecule has 0 aromatic heterocycles. The molecule has 0 spiro atoms. The first-order valence-corrected chi connectivity index (χ1v) is 15.5. The first kappa shape index (κ1) is 29.0. The standard InChI is InChI=1S/C35H36ClN3OS/c1-21-13-25(20-41-19-24-9-7-6-8-10-24)23(3)27(14-21)32-28(18-37)34(38)39(29-15-26(36)12-11-22(29)2)30-16-35(4,5)17-31(40)33(30)32/h6-15,32H,16-17,19-20,38H2,1-5H3. The number of carbonyl (C=O) groups excluding carboxylic acids is 1. The third-order valence-electron chi connectivity index (χ3n) is 8.17. The fraction of sp³-hybridized carbons (Fsp3) is 0.314. The van der Waals surface area contributed by atoms with Gasteiger partial charge in [-0.25, -0.2) is 0 Å². The number of nitriles is 1. The average molecular weight is 582 g/mol. The summed E-state index contributed by atoms with van der Waals surface area (Å²) in [4.78, 5) is 16.0. The van der Waals surface area contributed by atoms with Gasteiger partial charge in [0, 0.05) is 34.2 Å². The lowest BCUT2D eigenvalue weighted by Crippen LogP contribution is -2.42. The highest BCUT2D eigenvalue weighted by atomic mass is 35.5. The largest absolute Gasteiger partial charge is 0.384 e. The molecule has 3 aromatic rings. The monoisotopic (exact) mass is 581 g/mol. The van der Waals surface area contributed by atoms with Gasteiger partial charge in [0.2, 0.25) is 0 Å². The summed E-state index contributed by atoms with van der Waals surface area (Å²) in [5, 5.41) is 11.2. The molecule has 4 nitrogen and oxygen atoms in total. The molecular formula is C35H36ClN3OS. The van der Waals surface area contributed by atoms with Crippen LogP contribution in [0.25, 0.3) is 0 Å². The first-order valence-electron chi connectivity index (χ1n) is 13.9. The van der Waals surface area contributed by atoms with Crippen molar-refractivity contribution in [2.75, 3.05) is 4.90 Å². The second kappa shape index (κ2) is 11.4. The average Bonchev–Trinajstić information content (AvgIpc) is 2.91. The van der Waals surface area contributed by atoms with Crippen LogP contribution in [0.2, 0.25) is 5.02 Å². The van der Waals surface area contributed by atoms with Crippen molar-refractivity contribution in [3.05, 3.63) is 122 Å². The summed E-state index contributed by atoms with van der Waals surface area (Å²) in [5.74, 6) is 1.69. The van der Waals surface area contributed by atoms with E-state index in [2.05, 4.69) is 70.2 Å². The number of hydrogen-bond acceptors (Lipinski definition) is 5. The normalized spacial score (nSPS) is 18.4. The number of allylic oxidation sites excluding steroid dienone is 3. The third-order valence-corrected chi connectivity index (χ3v) is 9.46. The molecule has 1 heterocycles. The van der Waals surface area contributed by atoms with Gasteiger partial charge in [-0.2, -0.15) is 17.0 Å². The fourth-order valence-electron chi connectivity index (χ4n) is 6.18. The predicted octanol–water partition coefficient (Wildman–Crippen LogP) is 8.64. The summed E-state index contributed by atoms with van der Waals surface area (Å²) in [5.41, 5.74) is 16.1. The van der Waals surface area contributed by atoms with Gasteiger partial charge in [-0.15, -0.1) is 0 Å². The molecule has 0 saturated heterocycles. The summed E-state index contributed by atoms with van der Waals surface area (Å²) < 4.78 is 0. The Kier molecular flexibility index (Phi) is 8.10. The molecule has 0 saturated carbocycles. The number of carbonyl (C=O) groups is 1. The fourth-order valence-corrected chi connectivity index (χ4v) is 7.40. The highest BCUT2D eigenvalue weighted by Gasteiger charge is 2.45. The van der Waals surface area contributed by atoms with Crippen LogP contribution in [-0.4, -0.2) is 5.78 Å². The number of anilines is 1.